The highest BCUT2D eigenvalue weighted by atomic mass is 16.4. The van der Waals surface area contributed by atoms with Gasteiger partial charge >= 0.3 is 5.97 Å². The van der Waals surface area contributed by atoms with Gasteiger partial charge in [0.05, 0.1) is 18.7 Å². The third kappa shape index (κ3) is 1.36. The predicted octanol–water partition coefficient (Wildman–Crippen LogP) is 1.96. The van der Waals surface area contributed by atoms with Crippen LogP contribution >= 0.6 is 0 Å². The van der Waals surface area contributed by atoms with Crippen molar-refractivity contribution in [3.05, 3.63) is 17.0 Å². The van der Waals surface area contributed by atoms with Gasteiger partial charge in [0.15, 0.2) is 0 Å². The van der Waals surface area contributed by atoms with Crippen molar-refractivity contribution in [1.29, 1.82) is 0 Å². The number of carbonyl (C=O) groups is 1. The number of aliphatic carboxylic acids is 1. The number of rotatable bonds is 3. The molecule has 0 amide bonds. The van der Waals surface area contributed by atoms with Crippen LogP contribution in [0.15, 0.2) is 0 Å². The fourth-order valence-electron chi connectivity index (χ4n) is 3.56. The van der Waals surface area contributed by atoms with Crippen molar-refractivity contribution in [3.63, 3.8) is 0 Å². The first-order valence-electron chi connectivity index (χ1n) is 6.21. The molecular formula is C13H18N2O2. The number of aromatic nitrogens is 2. The summed E-state index contributed by atoms with van der Waals surface area (Å²) in [5.41, 5.74) is 4.23. The second kappa shape index (κ2) is 3.12. The third-order valence-corrected chi connectivity index (χ3v) is 4.60. The maximum absolute atomic E-state index is 10.6. The van der Waals surface area contributed by atoms with E-state index < -0.39 is 5.97 Å². The molecule has 2 aliphatic rings. The molecule has 1 fully saturated rings. The van der Waals surface area contributed by atoms with E-state index in [9.17, 15) is 4.79 Å². The monoisotopic (exact) mass is 234 g/mol. The molecule has 2 unspecified atom stereocenters. The van der Waals surface area contributed by atoms with Crippen LogP contribution in [0.25, 0.3) is 0 Å². The van der Waals surface area contributed by atoms with Crippen LogP contribution < -0.4 is 0 Å². The van der Waals surface area contributed by atoms with Gasteiger partial charge in [-0.3, -0.25) is 9.48 Å². The first-order valence-corrected chi connectivity index (χ1v) is 6.21. The van der Waals surface area contributed by atoms with E-state index in [2.05, 4.69) is 18.9 Å². The molecular weight excluding hydrogens is 216 g/mol. The van der Waals surface area contributed by atoms with Crippen LogP contribution in [0.1, 0.15) is 43.1 Å². The predicted molar refractivity (Wildman–Crippen MR) is 62.9 cm³/mol. The highest BCUT2D eigenvalue weighted by Gasteiger charge is 2.63. The number of aryl methyl sites for hydroxylation is 2. The Morgan fingerprint density at radius 3 is 2.94 bits per heavy atom. The van der Waals surface area contributed by atoms with E-state index in [1.54, 1.807) is 0 Å². The molecule has 1 aromatic rings. The lowest BCUT2D eigenvalue weighted by atomic mass is 9.98. The average Bonchev–Trinajstić information content (AvgIpc) is 2.63. The summed E-state index contributed by atoms with van der Waals surface area (Å²) < 4.78 is 1.92. The fourth-order valence-corrected chi connectivity index (χ4v) is 3.56. The first-order chi connectivity index (χ1) is 7.93. The van der Waals surface area contributed by atoms with Gasteiger partial charge in [-0.05, 0) is 30.6 Å². The molecule has 0 bridgehead atoms. The summed E-state index contributed by atoms with van der Waals surface area (Å²) in [5.74, 6) is 0.664. The lowest BCUT2D eigenvalue weighted by molar-refractivity contribution is -0.137. The molecule has 4 heteroatoms. The zero-order valence-corrected chi connectivity index (χ0v) is 10.5. The van der Waals surface area contributed by atoms with Crippen LogP contribution in [0, 0.1) is 18.3 Å². The molecule has 4 nitrogen and oxygen atoms in total. The minimum atomic E-state index is -0.754. The van der Waals surface area contributed by atoms with Gasteiger partial charge < -0.3 is 5.11 Å². The third-order valence-electron chi connectivity index (χ3n) is 4.60. The second-order valence-electron chi connectivity index (χ2n) is 5.92. The van der Waals surface area contributed by atoms with E-state index in [1.165, 1.54) is 11.3 Å². The van der Waals surface area contributed by atoms with Crippen molar-refractivity contribution in [2.45, 2.75) is 46.1 Å². The fraction of sp³-hybridized carbons (Fsp3) is 0.692. The van der Waals surface area contributed by atoms with Crippen molar-refractivity contribution in [2.75, 3.05) is 0 Å². The van der Waals surface area contributed by atoms with Crippen LogP contribution in [-0.2, 0) is 17.8 Å². The SMILES string of the molecule is Cc1nn(CCC(=O)O)c2c1C1C(C2)C1(C)C. The molecule has 0 spiro atoms. The van der Waals surface area contributed by atoms with Crippen LogP contribution in [0.3, 0.4) is 0 Å². The molecule has 2 atom stereocenters. The Bertz CT molecular complexity index is 502. The van der Waals surface area contributed by atoms with Crippen LogP contribution in [0.2, 0.25) is 0 Å². The zero-order valence-electron chi connectivity index (χ0n) is 10.5. The van der Waals surface area contributed by atoms with E-state index in [1.807, 2.05) is 11.6 Å². The maximum atomic E-state index is 10.6. The molecule has 2 aliphatic carbocycles. The summed E-state index contributed by atoms with van der Waals surface area (Å²) in [6.45, 7) is 7.19. The summed E-state index contributed by atoms with van der Waals surface area (Å²) >= 11 is 0. The van der Waals surface area contributed by atoms with Gasteiger partial charge in [0.1, 0.15) is 0 Å². The van der Waals surface area contributed by atoms with Gasteiger partial charge in [-0.15, -0.1) is 0 Å². The normalized spacial score (nSPS) is 27.7. The van der Waals surface area contributed by atoms with Gasteiger partial charge in [-0.25, -0.2) is 0 Å². The number of hydrogen-bond acceptors (Lipinski definition) is 2. The van der Waals surface area contributed by atoms with E-state index in [-0.39, 0.29) is 6.42 Å². The highest BCUT2D eigenvalue weighted by molar-refractivity contribution is 5.66. The lowest BCUT2D eigenvalue weighted by Gasteiger charge is -2.10. The Morgan fingerprint density at radius 1 is 1.59 bits per heavy atom. The van der Waals surface area contributed by atoms with Crippen LogP contribution in [0.5, 0.6) is 0 Å². The van der Waals surface area contributed by atoms with Crippen molar-refractivity contribution in [3.8, 4) is 0 Å². The molecule has 1 heterocycles. The van der Waals surface area contributed by atoms with Gasteiger partial charge in [-0.1, -0.05) is 13.8 Å². The van der Waals surface area contributed by atoms with Crippen molar-refractivity contribution in [2.24, 2.45) is 11.3 Å². The average molecular weight is 234 g/mol. The lowest BCUT2D eigenvalue weighted by Crippen LogP contribution is -2.10. The summed E-state index contributed by atoms with van der Waals surface area (Å²) in [7, 11) is 0. The summed E-state index contributed by atoms with van der Waals surface area (Å²) in [6, 6.07) is 0. The molecule has 1 N–H and O–H groups in total. The largest absolute Gasteiger partial charge is 0.481 e. The molecule has 92 valence electrons. The van der Waals surface area contributed by atoms with Gasteiger partial charge in [0.2, 0.25) is 0 Å². The molecule has 3 rings (SSSR count). The molecule has 0 saturated heterocycles. The summed E-state index contributed by atoms with van der Waals surface area (Å²) in [4.78, 5) is 10.6. The molecule has 1 aromatic heterocycles. The number of hydrogen-bond donors (Lipinski definition) is 1. The topological polar surface area (TPSA) is 55.1 Å². The molecule has 0 aromatic carbocycles. The minimum Gasteiger partial charge on any atom is -0.481 e. The zero-order chi connectivity index (χ0) is 12.4. The number of carboxylic acid groups (broad SMARTS) is 1. The number of fused-ring (bicyclic) bond motifs is 3. The standard InChI is InChI=1S/C13H18N2O2/c1-7-11-9(6-8-12(11)13(8,2)3)15(14-7)5-4-10(16)17/h8,12H,4-6H2,1-3H3,(H,16,17). The van der Waals surface area contributed by atoms with Gasteiger partial charge in [-0.2, -0.15) is 5.10 Å². The Balaban J connectivity index is 1.89. The summed E-state index contributed by atoms with van der Waals surface area (Å²) in [5, 5.41) is 13.2. The van der Waals surface area contributed by atoms with E-state index >= 15 is 0 Å². The Kier molecular flexibility index (Phi) is 1.98. The number of carboxylic acids is 1. The van der Waals surface area contributed by atoms with Crippen molar-refractivity contribution >= 4 is 5.97 Å². The van der Waals surface area contributed by atoms with Crippen LogP contribution in [-0.4, -0.2) is 20.9 Å². The Morgan fingerprint density at radius 2 is 2.29 bits per heavy atom. The smallest absolute Gasteiger partial charge is 0.305 e. The second-order valence-corrected chi connectivity index (χ2v) is 5.92. The van der Waals surface area contributed by atoms with E-state index in [0.717, 1.165) is 18.0 Å². The maximum Gasteiger partial charge on any atom is 0.305 e. The van der Waals surface area contributed by atoms with E-state index in [0.29, 0.717) is 17.9 Å². The first kappa shape index (κ1) is 10.8. The molecule has 1 saturated carbocycles. The van der Waals surface area contributed by atoms with Crippen molar-refractivity contribution in [1.82, 2.24) is 9.78 Å². The highest BCUT2D eigenvalue weighted by Crippen LogP contribution is 2.70. The Hall–Kier alpha value is -1.32. The van der Waals surface area contributed by atoms with Gasteiger partial charge in [0.25, 0.3) is 0 Å². The quantitative estimate of drug-likeness (QED) is 0.869. The van der Waals surface area contributed by atoms with Crippen LogP contribution in [0.4, 0.5) is 0 Å². The molecule has 0 aliphatic heterocycles. The van der Waals surface area contributed by atoms with E-state index in [4.69, 9.17) is 5.11 Å². The minimum absolute atomic E-state index is 0.159. The Labute approximate surface area is 101 Å². The molecule has 17 heavy (non-hydrogen) atoms. The van der Waals surface area contributed by atoms with Crippen molar-refractivity contribution < 1.29 is 9.90 Å². The number of nitrogens with zero attached hydrogens (tertiary/aromatic N) is 2. The summed E-state index contributed by atoms with van der Waals surface area (Å²) in [6.07, 6.45) is 1.24. The molecule has 0 radical (unpaired) electrons. The van der Waals surface area contributed by atoms with Gasteiger partial charge in [0, 0.05) is 11.3 Å².